The highest BCUT2D eigenvalue weighted by Crippen LogP contribution is 2.57. The maximum Gasteiger partial charge on any atom is 0.338 e. The summed E-state index contributed by atoms with van der Waals surface area (Å²) in [6, 6.07) is 4.78. The summed E-state index contributed by atoms with van der Waals surface area (Å²) in [5.41, 5.74) is 1.57. The third-order valence-electron chi connectivity index (χ3n) is 7.60. The summed E-state index contributed by atoms with van der Waals surface area (Å²) in [4.78, 5) is 74.1. The second-order valence-corrected chi connectivity index (χ2v) is 10.2. The molecule has 1 aromatic carbocycles. The summed E-state index contributed by atoms with van der Waals surface area (Å²) in [6.07, 6.45) is -0.222. The molecule has 6 unspecified atom stereocenters. The summed E-state index contributed by atoms with van der Waals surface area (Å²) in [5.74, 6) is -9.61. The van der Waals surface area contributed by atoms with Crippen molar-refractivity contribution in [1.82, 2.24) is 5.32 Å². The van der Waals surface area contributed by atoms with Crippen LogP contribution in [0.5, 0.6) is 0 Å². The van der Waals surface area contributed by atoms with Crippen LogP contribution in [0.15, 0.2) is 30.4 Å². The number of benzene rings is 1. The zero-order valence-electron chi connectivity index (χ0n) is 22.1. The first kappa shape index (κ1) is 29.5. The van der Waals surface area contributed by atoms with Gasteiger partial charge in [-0.25, -0.2) is 9.59 Å². The Morgan fingerprint density at radius 3 is 2.03 bits per heavy atom. The molecule has 1 aromatic rings. The number of carboxylic acid groups (broad SMARTS) is 2. The van der Waals surface area contributed by atoms with E-state index in [1.165, 1.54) is 20.0 Å². The Morgan fingerprint density at radius 1 is 0.897 bits per heavy atom. The van der Waals surface area contributed by atoms with E-state index in [9.17, 15) is 39.0 Å². The van der Waals surface area contributed by atoms with Gasteiger partial charge in [0.2, 0.25) is 5.91 Å². The van der Waals surface area contributed by atoms with Crippen LogP contribution in [-0.2, 0) is 39.9 Å². The molecule has 0 saturated heterocycles. The number of carbonyl (C=O) groups is 6. The molecule has 0 radical (unpaired) electrons. The average Bonchev–Trinajstić information content (AvgIpc) is 3.44. The Bertz CT molecular complexity index is 1190. The van der Waals surface area contributed by atoms with Crippen molar-refractivity contribution in [3.63, 3.8) is 0 Å². The maximum atomic E-state index is 13.5. The molecule has 0 bridgehead atoms. The molecule has 0 spiro atoms. The number of aliphatic carboxylic acids is 2. The second-order valence-electron chi connectivity index (χ2n) is 10.2. The molecule has 39 heavy (non-hydrogen) atoms. The number of esters is 2. The first-order chi connectivity index (χ1) is 18.3. The van der Waals surface area contributed by atoms with Crippen LogP contribution in [0, 0.1) is 42.4 Å². The highest BCUT2D eigenvalue weighted by atomic mass is 16.6. The first-order valence-electron chi connectivity index (χ1n) is 12.7. The number of rotatable bonds is 11. The lowest BCUT2D eigenvalue weighted by Gasteiger charge is -2.23. The highest BCUT2D eigenvalue weighted by molar-refractivity contribution is 5.92. The number of nitrogens with one attached hydrogen (secondary N) is 1. The van der Waals surface area contributed by atoms with Gasteiger partial charge in [-0.2, -0.15) is 0 Å². The van der Waals surface area contributed by atoms with E-state index < -0.39 is 65.3 Å². The van der Waals surface area contributed by atoms with E-state index in [-0.39, 0.29) is 49.4 Å². The van der Waals surface area contributed by atoms with E-state index >= 15 is 0 Å². The molecule has 11 heteroatoms. The molecule has 0 aromatic heterocycles. The van der Waals surface area contributed by atoms with Crippen LogP contribution in [0.3, 0.4) is 0 Å². The van der Waals surface area contributed by atoms with Crippen LogP contribution in [0.1, 0.15) is 41.3 Å². The molecule has 3 rings (SSSR count). The van der Waals surface area contributed by atoms with Gasteiger partial charge in [-0.15, -0.1) is 0 Å². The molecule has 0 heterocycles. The van der Waals surface area contributed by atoms with Gasteiger partial charge in [-0.05, 0) is 61.8 Å². The number of hydrogen-bond donors (Lipinski definition) is 3. The number of ketones is 1. The van der Waals surface area contributed by atoms with Crippen molar-refractivity contribution >= 4 is 35.6 Å². The topological polar surface area (TPSA) is 173 Å². The van der Waals surface area contributed by atoms with Crippen molar-refractivity contribution in [2.24, 2.45) is 35.5 Å². The average molecular weight is 544 g/mol. The first-order valence-corrected chi connectivity index (χ1v) is 12.7. The molecule has 2 aliphatic rings. The molecule has 3 N–H and O–H groups in total. The van der Waals surface area contributed by atoms with Crippen LogP contribution >= 0.6 is 0 Å². The van der Waals surface area contributed by atoms with E-state index in [1.54, 1.807) is 19.1 Å². The quantitative estimate of drug-likeness (QED) is 0.212. The Hall–Kier alpha value is -4.02. The summed E-state index contributed by atoms with van der Waals surface area (Å²) >= 11 is 0. The molecule has 2 saturated carbocycles. The number of fused-ring (bicyclic) bond motifs is 1. The Kier molecular flexibility index (Phi) is 9.26. The van der Waals surface area contributed by atoms with Gasteiger partial charge in [0.05, 0.1) is 17.4 Å². The molecule has 0 aliphatic heterocycles. The minimum Gasteiger partial charge on any atom is -0.481 e. The van der Waals surface area contributed by atoms with E-state index in [0.29, 0.717) is 11.1 Å². The minimum absolute atomic E-state index is 0.0278. The molecule has 2 fully saturated rings. The molecule has 210 valence electrons. The Morgan fingerprint density at radius 2 is 1.46 bits per heavy atom. The van der Waals surface area contributed by atoms with Gasteiger partial charge in [0, 0.05) is 30.9 Å². The van der Waals surface area contributed by atoms with Crippen LogP contribution in [-0.4, -0.2) is 66.0 Å². The fraction of sp³-hybridized carbons (Fsp3) is 0.500. The number of ether oxygens (including phenoxy) is 2. The maximum absolute atomic E-state index is 13.5. The van der Waals surface area contributed by atoms with Crippen molar-refractivity contribution in [3.8, 4) is 0 Å². The predicted molar refractivity (Wildman–Crippen MR) is 135 cm³/mol. The second kappa shape index (κ2) is 12.2. The third kappa shape index (κ3) is 6.52. The minimum atomic E-state index is -1.16. The summed E-state index contributed by atoms with van der Waals surface area (Å²) in [6.45, 7) is 6.36. The van der Waals surface area contributed by atoms with Gasteiger partial charge >= 0.3 is 23.9 Å². The van der Waals surface area contributed by atoms with Gasteiger partial charge in [0.1, 0.15) is 19.0 Å². The molecular weight excluding hydrogens is 510 g/mol. The van der Waals surface area contributed by atoms with Gasteiger partial charge in [0.25, 0.3) is 0 Å². The zero-order chi connectivity index (χ0) is 29.0. The lowest BCUT2D eigenvalue weighted by Crippen LogP contribution is -2.35. The fourth-order valence-corrected chi connectivity index (χ4v) is 6.04. The van der Waals surface area contributed by atoms with Crippen molar-refractivity contribution in [2.75, 3.05) is 20.3 Å². The largest absolute Gasteiger partial charge is 0.481 e. The van der Waals surface area contributed by atoms with Crippen LogP contribution in [0.2, 0.25) is 0 Å². The molecule has 1 amide bonds. The Labute approximate surface area is 225 Å². The van der Waals surface area contributed by atoms with Crippen molar-refractivity contribution in [2.45, 2.75) is 33.1 Å². The van der Waals surface area contributed by atoms with Crippen LogP contribution in [0.25, 0.3) is 0 Å². The lowest BCUT2D eigenvalue weighted by molar-refractivity contribution is -0.146. The third-order valence-corrected chi connectivity index (χ3v) is 7.60. The van der Waals surface area contributed by atoms with Crippen molar-refractivity contribution in [3.05, 3.63) is 47.0 Å². The van der Waals surface area contributed by atoms with Crippen LogP contribution < -0.4 is 5.32 Å². The zero-order valence-corrected chi connectivity index (χ0v) is 22.1. The normalized spacial score (nSPS) is 25.3. The molecule has 11 nitrogen and oxygen atoms in total. The fourth-order valence-electron chi connectivity index (χ4n) is 6.04. The SMILES string of the molecule is C=C(C)C(=O)OCCOC(=O)c1cc(C)cc(CC(=O)C2CC(C(=O)O)C3C(C(=O)NC)CC(C(=O)O)C23)c1. The summed E-state index contributed by atoms with van der Waals surface area (Å²) < 4.78 is 10.0. The van der Waals surface area contributed by atoms with E-state index in [0.717, 1.165) is 0 Å². The van der Waals surface area contributed by atoms with Crippen molar-refractivity contribution in [1.29, 1.82) is 0 Å². The smallest absolute Gasteiger partial charge is 0.338 e. The lowest BCUT2D eigenvalue weighted by atomic mass is 9.80. The standard InChI is InChI=1S/C28H33NO10/c1-13(2)27(36)38-5-6-39-28(37)16-8-14(3)7-15(9-16)10-21(30)17-11-19(25(32)33)23-18(24(31)29-4)12-20(22(17)23)26(34)35/h7-9,17-20,22-23H,1,5-6,10-12H2,2-4H3,(H,29,31)(H,32,33)(H,34,35). The number of amides is 1. The van der Waals surface area contributed by atoms with E-state index in [1.807, 2.05) is 0 Å². The van der Waals surface area contributed by atoms with Gasteiger partial charge in [-0.3, -0.25) is 19.2 Å². The molecular formula is C28H33NO10. The van der Waals surface area contributed by atoms with Crippen LogP contribution in [0.4, 0.5) is 0 Å². The summed E-state index contributed by atoms with van der Waals surface area (Å²) in [7, 11) is 1.41. The predicted octanol–water partition coefficient (Wildman–Crippen LogP) is 1.80. The monoisotopic (exact) mass is 543 g/mol. The molecule has 6 atom stereocenters. The van der Waals surface area contributed by atoms with E-state index in [4.69, 9.17) is 9.47 Å². The van der Waals surface area contributed by atoms with E-state index in [2.05, 4.69) is 11.9 Å². The van der Waals surface area contributed by atoms with Crippen molar-refractivity contribution < 1.29 is 48.5 Å². The van der Waals surface area contributed by atoms with Gasteiger partial charge in [-0.1, -0.05) is 12.6 Å². The summed E-state index contributed by atoms with van der Waals surface area (Å²) in [5, 5.41) is 22.2. The number of Topliss-reactive ketones (excluding diaryl/α,β-unsaturated/α-hetero) is 1. The van der Waals surface area contributed by atoms with Gasteiger partial charge in [0.15, 0.2) is 0 Å². The Balaban J connectivity index is 1.77. The molecule has 2 aliphatic carbocycles. The number of carboxylic acids is 2. The van der Waals surface area contributed by atoms with Gasteiger partial charge < -0.3 is 25.0 Å². The number of carbonyl (C=O) groups excluding carboxylic acids is 4. The highest BCUT2D eigenvalue weighted by Gasteiger charge is 2.61. The number of hydrogen-bond acceptors (Lipinski definition) is 8. The number of aryl methyl sites for hydroxylation is 1.